The van der Waals surface area contributed by atoms with Crippen molar-refractivity contribution < 1.29 is 24.9 Å². The zero-order valence-electron chi connectivity index (χ0n) is 17.8. The maximum absolute atomic E-state index is 13.0. The highest BCUT2D eigenvalue weighted by atomic mass is 35.5. The molecule has 0 saturated carbocycles. The van der Waals surface area contributed by atoms with Gasteiger partial charge in [-0.3, -0.25) is 9.59 Å². The summed E-state index contributed by atoms with van der Waals surface area (Å²) in [6.45, 7) is -0.140. The van der Waals surface area contributed by atoms with Crippen molar-refractivity contribution in [2.45, 2.75) is 37.2 Å². The lowest BCUT2D eigenvalue weighted by Crippen LogP contribution is -2.51. The minimum absolute atomic E-state index is 0.0702. The SMILES string of the molecule is O=C(N[C@@H](CCc1ccccc1)[C@@H](O)C(=O)N1C[C@@H](O)[C@@H](O)C1)c1cc2cc(Cl)ccc2[nH]1. The Bertz CT molecular complexity index is 1130. The maximum Gasteiger partial charge on any atom is 0.268 e. The van der Waals surface area contributed by atoms with Gasteiger partial charge in [0.15, 0.2) is 6.10 Å². The van der Waals surface area contributed by atoms with Crippen LogP contribution in [0.4, 0.5) is 0 Å². The van der Waals surface area contributed by atoms with E-state index in [1.54, 1.807) is 24.3 Å². The van der Waals surface area contributed by atoms with Gasteiger partial charge >= 0.3 is 0 Å². The number of β-amino-alcohol motifs (C(OH)–C–C–N with tert-alkyl or cyclic N) is 2. The molecule has 4 atom stereocenters. The monoisotopic (exact) mass is 471 g/mol. The summed E-state index contributed by atoms with van der Waals surface area (Å²) in [5.74, 6) is -1.11. The minimum atomic E-state index is -1.53. The lowest BCUT2D eigenvalue weighted by atomic mass is 10.00. The zero-order valence-corrected chi connectivity index (χ0v) is 18.6. The Morgan fingerprint density at radius 2 is 1.79 bits per heavy atom. The molecule has 33 heavy (non-hydrogen) atoms. The molecule has 174 valence electrons. The van der Waals surface area contributed by atoms with Crippen LogP contribution in [0.5, 0.6) is 0 Å². The van der Waals surface area contributed by atoms with Crippen LogP contribution in [0.1, 0.15) is 22.5 Å². The van der Waals surface area contributed by atoms with E-state index in [1.807, 2.05) is 30.3 Å². The molecule has 1 aliphatic heterocycles. The van der Waals surface area contributed by atoms with Crippen molar-refractivity contribution in [1.82, 2.24) is 15.2 Å². The predicted molar refractivity (Wildman–Crippen MR) is 124 cm³/mol. The van der Waals surface area contributed by atoms with Gasteiger partial charge in [-0.2, -0.15) is 0 Å². The highest BCUT2D eigenvalue weighted by Crippen LogP contribution is 2.21. The number of hydrogen-bond acceptors (Lipinski definition) is 5. The summed E-state index contributed by atoms with van der Waals surface area (Å²) in [4.78, 5) is 30.1. The van der Waals surface area contributed by atoms with Gasteiger partial charge in [0.05, 0.1) is 18.2 Å². The van der Waals surface area contributed by atoms with Gasteiger partial charge in [-0.1, -0.05) is 41.9 Å². The average Bonchev–Trinajstić information content (AvgIpc) is 3.38. The second kappa shape index (κ2) is 9.93. The van der Waals surface area contributed by atoms with Crippen LogP contribution in [0.3, 0.4) is 0 Å². The Morgan fingerprint density at radius 3 is 2.48 bits per heavy atom. The number of nitrogens with zero attached hydrogens (tertiary/aromatic N) is 1. The molecule has 1 fully saturated rings. The number of likely N-dealkylation sites (tertiary alicyclic amines) is 1. The third-order valence-corrected chi connectivity index (χ3v) is 6.17. The summed E-state index contributed by atoms with van der Waals surface area (Å²) in [6, 6.07) is 15.5. The largest absolute Gasteiger partial charge is 0.388 e. The number of aryl methyl sites for hydroxylation is 1. The summed E-state index contributed by atoms with van der Waals surface area (Å²) < 4.78 is 0. The molecule has 4 rings (SSSR count). The highest BCUT2D eigenvalue weighted by Gasteiger charge is 2.38. The van der Waals surface area contributed by atoms with Crippen LogP contribution < -0.4 is 5.32 Å². The van der Waals surface area contributed by atoms with E-state index in [0.717, 1.165) is 16.5 Å². The topological polar surface area (TPSA) is 126 Å². The number of nitrogens with one attached hydrogen (secondary N) is 2. The third kappa shape index (κ3) is 5.36. The van der Waals surface area contributed by atoms with E-state index in [0.29, 0.717) is 17.9 Å². The second-order valence-corrected chi connectivity index (χ2v) is 8.78. The number of carbonyl (C=O) groups excluding carboxylic acids is 2. The second-order valence-electron chi connectivity index (χ2n) is 8.34. The predicted octanol–water partition coefficient (Wildman–Crippen LogP) is 1.48. The van der Waals surface area contributed by atoms with Crippen molar-refractivity contribution in [3.8, 4) is 0 Å². The number of hydrogen-bond donors (Lipinski definition) is 5. The lowest BCUT2D eigenvalue weighted by Gasteiger charge is -2.27. The van der Waals surface area contributed by atoms with E-state index in [9.17, 15) is 24.9 Å². The van der Waals surface area contributed by atoms with Gasteiger partial charge in [-0.05, 0) is 42.7 Å². The number of aliphatic hydroxyl groups is 3. The minimum Gasteiger partial charge on any atom is -0.388 e. The summed E-state index contributed by atoms with van der Waals surface area (Å²) in [6.07, 6.45) is -2.81. The molecule has 0 bridgehead atoms. The van der Waals surface area contributed by atoms with Crippen molar-refractivity contribution in [2.75, 3.05) is 13.1 Å². The van der Waals surface area contributed by atoms with Crippen LogP contribution >= 0.6 is 11.6 Å². The molecular formula is C24H26ClN3O5. The molecule has 1 aliphatic rings. The molecule has 3 aromatic rings. The number of rotatable bonds is 7. The van der Waals surface area contributed by atoms with Crippen LogP contribution in [0.25, 0.3) is 10.9 Å². The first kappa shape index (κ1) is 23.3. The lowest BCUT2D eigenvalue weighted by molar-refractivity contribution is -0.141. The van der Waals surface area contributed by atoms with E-state index in [1.165, 1.54) is 4.90 Å². The number of aromatic nitrogens is 1. The number of aliphatic hydroxyl groups excluding tert-OH is 3. The van der Waals surface area contributed by atoms with Crippen LogP contribution in [0.2, 0.25) is 5.02 Å². The van der Waals surface area contributed by atoms with Gasteiger partial charge in [0, 0.05) is 29.0 Å². The zero-order chi connectivity index (χ0) is 23.5. The van der Waals surface area contributed by atoms with Crippen LogP contribution in [-0.2, 0) is 11.2 Å². The number of halogens is 1. The summed E-state index contributed by atoms with van der Waals surface area (Å²) in [5, 5.41) is 34.5. The highest BCUT2D eigenvalue weighted by molar-refractivity contribution is 6.31. The third-order valence-electron chi connectivity index (χ3n) is 5.94. The summed E-state index contributed by atoms with van der Waals surface area (Å²) >= 11 is 6.03. The Morgan fingerprint density at radius 1 is 1.09 bits per heavy atom. The van der Waals surface area contributed by atoms with E-state index in [-0.39, 0.29) is 18.8 Å². The van der Waals surface area contributed by atoms with Crippen molar-refractivity contribution in [1.29, 1.82) is 0 Å². The molecule has 1 saturated heterocycles. The van der Waals surface area contributed by atoms with Gasteiger partial charge in [0.2, 0.25) is 0 Å². The van der Waals surface area contributed by atoms with E-state index in [4.69, 9.17) is 11.6 Å². The molecule has 5 N–H and O–H groups in total. The summed E-state index contributed by atoms with van der Waals surface area (Å²) in [7, 11) is 0. The first-order valence-corrected chi connectivity index (χ1v) is 11.2. The molecule has 1 aromatic heterocycles. The van der Waals surface area contributed by atoms with Crippen LogP contribution in [0.15, 0.2) is 54.6 Å². The van der Waals surface area contributed by atoms with Gasteiger partial charge in [-0.25, -0.2) is 0 Å². The van der Waals surface area contributed by atoms with Crippen molar-refractivity contribution in [2.24, 2.45) is 0 Å². The number of aromatic amines is 1. The molecule has 0 unspecified atom stereocenters. The molecule has 0 aliphatic carbocycles. The van der Waals surface area contributed by atoms with E-state index < -0.39 is 36.2 Å². The fraction of sp³-hybridized carbons (Fsp3) is 0.333. The first-order valence-electron chi connectivity index (χ1n) is 10.8. The fourth-order valence-electron chi connectivity index (χ4n) is 4.06. The van der Waals surface area contributed by atoms with Crippen LogP contribution in [-0.4, -0.2) is 74.5 Å². The molecule has 2 heterocycles. The summed E-state index contributed by atoms with van der Waals surface area (Å²) in [5.41, 5.74) is 2.02. The molecule has 0 spiro atoms. The van der Waals surface area contributed by atoms with Crippen molar-refractivity contribution in [3.05, 3.63) is 70.9 Å². The number of benzene rings is 2. The van der Waals surface area contributed by atoms with Crippen molar-refractivity contribution in [3.63, 3.8) is 0 Å². The molecule has 9 heteroatoms. The Hall–Kier alpha value is -2.91. The molecule has 2 amide bonds. The first-order chi connectivity index (χ1) is 15.8. The quantitative estimate of drug-likeness (QED) is 0.357. The molecule has 2 aromatic carbocycles. The van der Waals surface area contributed by atoms with Crippen LogP contribution in [0, 0.1) is 0 Å². The molecule has 8 nitrogen and oxygen atoms in total. The van der Waals surface area contributed by atoms with Gasteiger partial charge in [-0.15, -0.1) is 0 Å². The standard InChI is InChI=1S/C24H26ClN3O5/c25-16-7-9-17-15(10-16)11-19(26-17)23(32)27-18(8-6-14-4-2-1-3-5-14)22(31)24(33)28-12-20(29)21(30)13-28/h1-5,7,9-11,18,20-22,26,29-31H,6,8,12-13H2,(H,27,32)/t18-,20-,21+,22+/m0/s1. The molecule has 0 radical (unpaired) electrons. The number of fused-ring (bicyclic) bond motifs is 1. The Balaban J connectivity index is 1.51. The average molecular weight is 472 g/mol. The van der Waals surface area contributed by atoms with Gasteiger partial charge in [0.25, 0.3) is 11.8 Å². The van der Waals surface area contributed by atoms with Crippen molar-refractivity contribution >= 4 is 34.3 Å². The smallest absolute Gasteiger partial charge is 0.268 e. The van der Waals surface area contributed by atoms with Gasteiger partial charge < -0.3 is 30.5 Å². The molecular weight excluding hydrogens is 446 g/mol. The Kier molecular flexibility index (Phi) is 6.99. The Labute approximate surface area is 195 Å². The fourth-order valence-corrected chi connectivity index (χ4v) is 4.24. The van der Waals surface area contributed by atoms with Gasteiger partial charge in [0.1, 0.15) is 5.69 Å². The van der Waals surface area contributed by atoms with E-state index in [2.05, 4.69) is 10.3 Å². The normalized spacial score (nSPS) is 20.1. The van der Waals surface area contributed by atoms with E-state index >= 15 is 0 Å². The number of carbonyl (C=O) groups is 2. The maximum atomic E-state index is 13.0. The number of H-pyrrole nitrogens is 1. The number of amides is 2.